The van der Waals surface area contributed by atoms with Gasteiger partial charge < -0.3 is 19.3 Å². The number of carbonyl (C=O) groups excluding carboxylic acids is 2. The van der Waals surface area contributed by atoms with Crippen molar-refractivity contribution in [1.29, 1.82) is 0 Å². The second-order valence-electron chi connectivity index (χ2n) is 1.99. The predicted molar refractivity (Wildman–Crippen MR) is 40.6 cm³/mol. The lowest BCUT2D eigenvalue weighted by Crippen LogP contribution is -2.28. The molecule has 0 unspecified atom stereocenters. The Balaban J connectivity index is 3.63. The zero-order chi connectivity index (χ0) is 10.3. The molecule has 0 rings (SSSR count). The van der Waals surface area contributed by atoms with E-state index >= 15 is 0 Å². The van der Waals surface area contributed by atoms with Crippen LogP contribution in [0.15, 0.2) is 0 Å². The Bertz CT molecular complexity index is 178. The van der Waals surface area contributed by atoms with Crippen LogP contribution < -0.4 is 0 Å². The Labute approximate surface area is 75.4 Å². The number of hydrogen-bond donors (Lipinski definition) is 1. The quantitative estimate of drug-likeness (QED) is 0.447. The molecule has 0 aromatic carbocycles. The van der Waals surface area contributed by atoms with E-state index in [-0.39, 0.29) is 6.61 Å². The fraction of sp³-hybridized carbons (Fsp3) is 0.714. The molecule has 6 heteroatoms. The van der Waals surface area contributed by atoms with Gasteiger partial charge in [0.2, 0.25) is 0 Å². The molecular formula is C7H12O6. The zero-order valence-electron chi connectivity index (χ0n) is 7.48. The van der Waals surface area contributed by atoms with E-state index in [1.165, 1.54) is 0 Å². The van der Waals surface area contributed by atoms with Gasteiger partial charge in [-0.3, -0.25) is 0 Å². The summed E-state index contributed by atoms with van der Waals surface area (Å²) >= 11 is 0. The van der Waals surface area contributed by atoms with Gasteiger partial charge in [0.05, 0.1) is 13.7 Å². The molecule has 0 aliphatic heterocycles. The van der Waals surface area contributed by atoms with Crippen molar-refractivity contribution in [3.8, 4) is 0 Å². The number of carbonyl (C=O) groups is 2. The van der Waals surface area contributed by atoms with E-state index < -0.39 is 24.8 Å². The van der Waals surface area contributed by atoms with Crippen LogP contribution >= 0.6 is 0 Å². The van der Waals surface area contributed by atoms with Crippen LogP contribution in [0.4, 0.5) is 0 Å². The van der Waals surface area contributed by atoms with Crippen molar-refractivity contribution in [3.05, 3.63) is 0 Å². The number of aliphatic hydroxyl groups is 1. The Morgan fingerprint density at radius 2 is 2.08 bits per heavy atom. The minimum Gasteiger partial charge on any atom is -0.465 e. The lowest BCUT2D eigenvalue weighted by molar-refractivity contribution is -0.185. The summed E-state index contributed by atoms with van der Waals surface area (Å²) in [4.78, 5) is 21.2. The number of esters is 2. The summed E-state index contributed by atoms with van der Waals surface area (Å²) in [6.45, 7) is 1.37. The maximum absolute atomic E-state index is 10.6. The summed E-state index contributed by atoms with van der Waals surface area (Å²) in [5.74, 6) is -1.60. The van der Waals surface area contributed by atoms with Gasteiger partial charge in [0, 0.05) is 0 Å². The van der Waals surface area contributed by atoms with E-state index in [4.69, 9.17) is 5.11 Å². The summed E-state index contributed by atoms with van der Waals surface area (Å²) in [6, 6.07) is 0. The van der Waals surface area contributed by atoms with Crippen LogP contribution in [0.1, 0.15) is 6.92 Å². The fourth-order valence-corrected chi connectivity index (χ4v) is 0.518. The van der Waals surface area contributed by atoms with Crippen LogP contribution in [-0.4, -0.2) is 43.7 Å². The Morgan fingerprint density at radius 3 is 2.54 bits per heavy atom. The van der Waals surface area contributed by atoms with Gasteiger partial charge in [0.15, 0.2) is 0 Å². The van der Waals surface area contributed by atoms with E-state index in [1.807, 2.05) is 0 Å². The first-order chi connectivity index (χ1) is 6.11. The highest BCUT2D eigenvalue weighted by Gasteiger charge is 2.17. The molecule has 0 spiro atoms. The lowest BCUT2D eigenvalue weighted by atomic mass is 10.6. The second kappa shape index (κ2) is 6.38. The van der Waals surface area contributed by atoms with Crippen molar-refractivity contribution >= 4 is 11.9 Å². The molecule has 1 atom stereocenters. The van der Waals surface area contributed by atoms with Crippen LogP contribution in [0.3, 0.4) is 0 Å². The van der Waals surface area contributed by atoms with Crippen LogP contribution in [0.5, 0.6) is 0 Å². The molecule has 0 aromatic heterocycles. The van der Waals surface area contributed by atoms with Crippen LogP contribution in [0.25, 0.3) is 0 Å². The summed E-state index contributed by atoms with van der Waals surface area (Å²) in [5, 5.41) is 8.83. The van der Waals surface area contributed by atoms with Crippen molar-refractivity contribution in [2.75, 3.05) is 20.3 Å². The molecule has 0 saturated carbocycles. The highest BCUT2D eigenvalue weighted by molar-refractivity contribution is 5.74. The summed E-state index contributed by atoms with van der Waals surface area (Å²) in [6.07, 6.45) is -1.74. The van der Waals surface area contributed by atoms with Crippen LogP contribution in [0, 0.1) is 0 Å². The molecule has 76 valence electrons. The second-order valence-corrected chi connectivity index (χ2v) is 1.99. The first-order valence-corrected chi connectivity index (χ1v) is 3.65. The third kappa shape index (κ3) is 5.15. The molecule has 1 N–H and O–H groups in total. The Morgan fingerprint density at radius 1 is 1.46 bits per heavy atom. The van der Waals surface area contributed by atoms with Gasteiger partial charge >= 0.3 is 11.9 Å². The van der Waals surface area contributed by atoms with Crippen molar-refractivity contribution in [2.24, 2.45) is 0 Å². The molecule has 0 aromatic rings. The predicted octanol–water partition coefficient (Wildman–Crippen LogP) is -0.943. The van der Waals surface area contributed by atoms with Gasteiger partial charge in [-0.15, -0.1) is 0 Å². The standard InChI is InChI=1S/C7H12O6/c1-3-12-5(8)4-13-7(10)6(9)11-2/h7,10H,3-4H2,1-2H3/t7-/m1/s1. The van der Waals surface area contributed by atoms with Gasteiger partial charge in [0.25, 0.3) is 6.29 Å². The topological polar surface area (TPSA) is 82.1 Å². The van der Waals surface area contributed by atoms with E-state index in [1.54, 1.807) is 6.92 Å². The molecule has 0 aliphatic rings. The molecule has 6 nitrogen and oxygen atoms in total. The maximum Gasteiger partial charge on any atom is 0.363 e. The van der Waals surface area contributed by atoms with Crippen LogP contribution in [0.2, 0.25) is 0 Å². The van der Waals surface area contributed by atoms with Gasteiger partial charge in [-0.1, -0.05) is 0 Å². The van der Waals surface area contributed by atoms with Crippen molar-refractivity contribution in [2.45, 2.75) is 13.2 Å². The summed E-state index contributed by atoms with van der Waals surface area (Å²) in [5.41, 5.74) is 0. The number of ether oxygens (including phenoxy) is 3. The average molecular weight is 192 g/mol. The van der Waals surface area contributed by atoms with Crippen molar-refractivity contribution < 1.29 is 28.9 Å². The molecule has 0 heterocycles. The largest absolute Gasteiger partial charge is 0.465 e. The molecule has 0 bridgehead atoms. The number of rotatable bonds is 5. The highest BCUT2D eigenvalue weighted by Crippen LogP contribution is 1.91. The molecule has 0 amide bonds. The maximum atomic E-state index is 10.6. The first-order valence-electron chi connectivity index (χ1n) is 3.65. The molecule has 0 aliphatic carbocycles. The van der Waals surface area contributed by atoms with Crippen molar-refractivity contribution in [1.82, 2.24) is 0 Å². The number of aliphatic hydroxyl groups excluding tert-OH is 1. The minimum absolute atomic E-state index is 0.219. The van der Waals surface area contributed by atoms with Gasteiger partial charge in [-0.25, -0.2) is 9.59 Å². The minimum atomic E-state index is -1.74. The number of hydrogen-bond acceptors (Lipinski definition) is 6. The summed E-state index contributed by atoms with van der Waals surface area (Å²) in [7, 11) is 1.10. The Hall–Kier alpha value is -1.14. The Kier molecular flexibility index (Phi) is 5.82. The van der Waals surface area contributed by atoms with E-state index in [0.29, 0.717) is 0 Å². The molecule has 13 heavy (non-hydrogen) atoms. The highest BCUT2D eigenvalue weighted by atomic mass is 16.7. The van der Waals surface area contributed by atoms with Crippen LogP contribution in [-0.2, 0) is 23.8 Å². The molecule has 0 radical (unpaired) electrons. The molecular weight excluding hydrogens is 180 g/mol. The fourth-order valence-electron chi connectivity index (χ4n) is 0.518. The molecule has 0 saturated heterocycles. The zero-order valence-corrected chi connectivity index (χ0v) is 7.48. The average Bonchev–Trinajstić information content (AvgIpc) is 2.13. The SMILES string of the molecule is CCOC(=O)CO[C@@H](O)C(=O)OC. The van der Waals surface area contributed by atoms with E-state index in [0.717, 1.165) is 7.11 Å². The monoisotopic (exact) mass is 192 g/mol. The van der Waals surface area contributed by atoms with Crippen molar-refractivity contribution in [3.63, 3.8) is 0 Å². The van der Waals surface area contributed by atoms with Gasteiger partial charge in [-0.2, -0.15) is 0 Å². The lowest BCUT2D eigenvalue weighted by Gasteiger charge is -2.08. The normalized spacial score (nSPS) is 11.9. The number of methoxy groups -OCH3 is 1. The molecule has 0 fully saturated rings. The summed E-state index contributed by atoms with van der Waals surface area (Å²) < 4.78 is 13.0. The first kappa shape index (κ1) is 11.9. The van der Waals surface area contributed by atoms with Gasteiger partial charge in [0.1, 0.15) is 6.61 Å². The van der Waals surface area contributed by atoms with E-state index in [9.17, 15) is 9.59 Å². The van der Waals surface area contributed by atoms with E-state index in [2.05, 4.69) is 14.2 Å². The smallest absolute Gasteiger partial charge is 0.363 e. The third-order valence-electron chi connectivity index (χ3n) is 1.07. The third-order valence-corrected chi connectivity index (χ3v) is 1.07. The van der Waals surface area contributed by atoms with Gasteiger partial charge in [-0.05, 0) is 6.92 Å².